The average Bonchev–Trinajstić information content (AvgIpc) is 2.62. The standard InChI is InChI=1S/C14H20N2O3/c1-10(14(17)16(2)3)15-11-5-6-12-13(9-11)19-8-4-7-18-12/h5-6,9-10,15H,4,7-8H2,1-3H3. The topological polar surface area (TPSA) is 50.8 Å². The van der Waals surface area contributed by atoms with E-state index in [1.165, 1.54) is 0 Å². The molecule has 2 rings (SSSR count). The molecule has 104 valence electrons. The van der Waals surface area contributed by atoms with Gasteiger partial charge in [0.2, 0.25) is 5.91 Å². The van der Waals surface area contributed by atoms with Gasteiger partial charge in [-0.3, -0.25) is 4.79 Å². The lowest BCUT2D eigenvalue weighted by molar-refractivity contribution is -0.129. The molecule has 0 spiro atoms. The number of hydrogen-bond acceptors (Lipinski definition) is 4. The van der Waals surface area contributed by atoms with Gasteiger partial charge in [-0.2, -0.15) is 0 Å². The summed E-state index contributed by atoms with van der Waals surface area (Å²) in [7, 11) is 3.49. The summed E-state index contributed by atoms with van der Waals surface area (Å²) in [5.41, 5.74) is 0.854. The molecule has 1 aromatic carbocycles. The molecule has 0 saturated carbocycles. The first-order valence-electron chi connectivity index (χ1n) is 6.45. The van der Waals surface area contributed by atoms with Gasteiger partial charge in [0.25, 0.3) is 0 Å². The Morgan fingerprint density at radius 3 is 2.63 bits per heavy atom. The SMILES string of the molecule is CC(Nc1ccc2c(c1)OCCCO2)C(=O)N(C)C. The van der Waals surface area contributed by atoms with E-state index in [2.05, 4.69) is 5.32 Å². The first-order chi connectivity index (χ1) is 9.08. The second-order valence-electron chi connectivity index (χ2n) is 4.81. The molecule has 1 unspecified atom stereocenters. The van der Waals surface area contributed by atoms with Gasteiger partial charge in [-0.1, -0.05) is 0 Å². The molecule has 0 aliphatic carbocycles. The van der Waals surface area contributed by atoms with Crippen molar-refractivity contribution in [2.45, 2.75) is 19.4 Å². The van der Waals surface area contributed by atoms with Gasteiger partial charge in [-0.15, -0.1) is 0 Å². The summed E-state index contributed by atoms with van der Waals surface area (Å²) < 4.78 is 11.2. The largest absolute Gasteiger partial charge is 0.490 e. The van der Waals surface area contributed by atoms with E-state index in [-0.39, 0.29) is 11.9 Å². The summed E-state index contributed by atoms with van der Waals surface area (Å²) in [4.78, 5) is 13.4. The fourth-order valence-electron chi connectivity index (χ4n) is 1.95. The molecular formula is C14H20N2O3. The second kappa shape index (κ2) is 5.82. The molecule has 1 heterocycles. The number of carbonyl (C=O) groups is 1. The number of rotatable bonds is 3. The van der Waals surface area contributed by atoms with Crippen LogP contribution < -0.4 is 14.8 Å². The number of benzene rings is 1. The summed E-state index contributed by atoms with van der Waals surface area (Å²) in [5, 5.41) is 3.17. The Balaban J connectivity index is 2.09. The van der Waals surface area contributed by atoms with E-state index < -0.39 is 0 Å². The smallest absolute Gasteiger partial charge is 0.244 e. The van der Waals surface area contributed by atoms with Crippen LogP contribution in [0.4, 0.5) is 5.69 Å². The summed E-state index contributed by atoms with van der Waals surface area (Å²) >= 11 is 0. The van der Waals surface area contributed by atoms with E-state index in [1.807, 2.05) is 25.1 Å². The van der Waals surface area contributed by atoms with Crippen LogP contribution in [0.25, 0.3) is 0 Å². The summed E-state index contributed by atoms with van der Waals surface area (Å²) in [6, 6.07) is 5.36. The Bertz CT molecular complexity index is 460. The first-order valence-corrected chi connectivity index (χ1v) is 6.45. The van der Waals surface area contributed by atoms with Gasteiger partial charge in [0.15, 0.2) is 11.5 Å². The Morgan fingerprint density at radius 1 is 1.26 bits per heavy atom. The average molecular weight is 264 g/mol. The van der Waals surface area contributed by atoms with Crippen LogP contribution >= 0.6 is 0 Å². The van der Waals surface area contributed by atoms with Crippen molar-refractivity contribution in [2.75, 3.05) is 32.6 Å². The monoisotopic (exact) mass is 264 g/mol. The molecule has 0 saturated heterocycles. The van der Waals surface area contributed by atoms with Crippen LogP contribution in [-0.2, 0) is 4.79 Å². The van der Waals surface area contributed by atoms with Crippen LogP contribution in [0.15, 0.2) is 18.2 Å². The zero-order chi connectivity index (χ0) is 13.8. The Morgan fingerprint density at radius 2 is 1.95 bits per heavy atom. The molecule has 1 amide bonds. The molecule has 0 bridgehead atoms. The Kier molecular flexibility index (Phi) is 4.14. The maximum Gasteiger partial charge on any atom is 0.244 e. The van der Waals surface area contributed by atoms with Crippen molar-refractivity contribution < 1.29 is 14.3 Å². The van der Waals surface area contributed by atoms with Crippen molar-refractivity contribution in [1.29, 1.82) is 0 Å². The predicted octanol–water partition coefficient (Wildman–Crippen LogP) is 1.74. The third-order valence-electron chi connectivity index (χ3n) is 2.94. The van der Waals surface area contributed by atoms with Crippen LogP contribution in [0.1, 0.15) is 13.3 Å². The van der Waals surface area contributed by atoms with E-state index in [0.717, 1.165) is 23.6 Å². The lowest BCUT2D eigenvalue weighted by Gasteiger charge is -2.19. The van der Waals surface area contributed by atoms with Crippen molar-refractivity contribution in [3.8, 4) is 11.5 Å². The van der Waals surface area contributed by atoms with Gasteiger partial charge in [-0.25, -0.2) is 0 Å². The Hall–Kier alpha value is -1.91. The van der Waals surface area contributed by atoms with Gasteiger partial charge in [0, 0.05) is 32.3 Å². The molecule has 1 aliphatic heterocycles. The van der Waals surface area contributed by atoms with E-state index in [4.69, 9.17) is 9.47 Å². The number of amides is 1. The van der Waals surface area contributed by atoms with Crippen LogP contribution in [-0.4, -0.2) is 44.2 Å². The van der Waals surface area contributed by atoms with Gasteiger partial charge < -0.3 is 19.7 Å². The van der Waals surface area contributed by atoms with Gasteiger partial charge in [0.1, 0.15) is 6.04 Å². The van der Waals surface area contributed by atoms with Crippen LogP contribution in [0.2, 0.25) is 0 Å². The fraction of sp³-hybridized carbons (Fsp3) is 0.500. The minimum atomic E-state index is -0.278. The molecule has 0 fully saturated rings. The molecule has 1 N–H and O–H groups in total. The molecule has 0 radical (unpaired) electrons. The quantitative estimate of drug-likeness (QED) is 0.903. The highest BCUT2D eigenvalue weighted by Crippen LogP contribution is 2.32. The highest BCUT2D eigenvalue weighted by Gasteiger charge is 2.16. The fourth-order valence-corrected chi connectivity index (χ4v) is 1.95. The normalized spacial score (nSPS) is 15.3. The van der Waals surface area contributed by atoms with Crippen molar-refractivity contribution >= 4 is 11.6 Å². The van der Waals surface area contributed by atoms with Crippen molar-refractivity contribution in [3.05, 3.63) is 18.2 Å². The maximum absolute atomic E-state index is 11.8. The number of nitrogens with zero attached hydrogens (tertiary/aromatic N) is 1. The lowest BCUT2D eigenvalue weighted by Crippen LogP contribution is -2.36. The Labute approximate surface area is 113 Å². The lowest BCUT2D eigenvalue weighted by atomic mass is 10.2. The second-order valence-corrected chi connectivity index (χ2v) is 4.81. The van der Waals surface area contributed by atoms with E-state index >= 15 is 0 Å². The molecule has 1 atom stereocenters. The van der Waals surface area contributed by atoms with E-state index in [0.29, 0.717) is 13.2 Å². The summed E-state index contributed by atoms with van der Waals surface area (Å²) in [5.74, 6) is 1.52. The predicted molar refractivity (Wildman–Crippen MR) is 73.8 cm³/mol. The minimum absolute atomic E-state index is 0.0344. The first kappa shape index (κ1) is 13.5. The summed E-state index contributed by atoms with van der Waals surface area (Å²) in [6.07, 6.45) is 0.882. The van der Waals surface area contributed by atoms with Crippen molar-refractivity contribution in [3.63, 3.8) is 0 Å². The van der Waals surface area contributed by atoms with Gasteiger partial charge in [-0.05, 0) is 19.1 Å². The van der Waals surface area contributed by atoms with Crippen molar-refractivity contribution in [2.24, 2.45) is 0 Å². The molecular weight excluding hydrogens is 244 g/mol. The van der Waals surface area contributed by atoms with E-state index in [9.17, 15) is 4.79 Å². The highest BCUT2D eigenvalue weighted by atomic mass is 16.5. The molecule has 1 aliphatic rings. The van der Waals surface area contributed by atoms with Gasteiger partial charge in [0.05, 0.1) is 13.2 Å². The molecule has 0 aromatic heterocycles. The summed E-state index contributed by atoms with van der Waals surface area (Å²) in [6.45, 7) is 3.17. The van der Waals surface area contributed by atoms with Gasteiger partial charge >= 0.3 is 0 Å². The number of anilines is 1. The highest BCUT2D eigenvalue weighted by molar-refractivity contribution is 5.84. The molecule has 5 nitrogen and oxygen atoms in total. The number of nitrogens with one attached hydrogen (secondary N) is 1. The van der Waals surface area contributed by atoms with Crippen LogP contribution in [0.5, 0.6) is 11.5 Å². The third kappa shape index (κ3) is 3.30. The zero-order valence-corrected chi connectivity index (χ0v) is 11.6. The number of hydrogen-bond donors (Lipinski definition) is 1. The number of likely N-dealkylation sites (N-methyl/N-ethyl adjacent to an activating group) is 1. The van der Waals surface area contributed by atoms with Crippen molar-refractivity contribution in [1.82, 2.24) is 4.90 Å². The van der Waals surface area contributed by atoms with E-state index in [1.54, 1.807) is 19.0 Å². The third-order valence-corrected chi connectivity index (χ3v) is 2.94. The number of carbonyl (C=O) groups excluding carboxylic acids is 1. The van der Waals surface area contributed by atoms with Crippen LogP contribution in [0.3, 0.4) is 0 Å². The zero-order valence-electron chi connectivity index (χ0n) is 11.6. The minimum Gasteiger partial charge on any atom is -0.490 e. The number of fused-ring (bicyclic) bond motifs is 1. The van der Waals surface area contributed by atoms with Crippen LogP contribution in [0, 0.1) is 0 Å². The maximum atomic E-state index is 11.8. The number of ether oxygens (including phenoxy) is 2. The molecule has 1 aromatic rings. The molecule has 19 heavy (non-hydrogen) atoms. The molecule has 5 heteroatoms.